The van der Waals surface area contributed by atoms with E-state index in [0.29, 0.717) is 48.1 Å². The van der Waals surface area contributed by atoms with Gasteiger partial charge < -0.3 is 15.4 Å². The van der Waals surface area contributed by atoms with Crippen molar-refractivity contribution in [2.45, 2.75) is 110 Å². The third-order valence-electron chi connectivity index (χ3n) is 9.42. The van der Waals surface area contributed by atoms with E-state index in [1.807, 2.05) is 26.1 Å². The quantitative estimate of drug-likeness (QED) is 0.383. The van der Waals surface area contributed by atoms with Crippen molar-refractivity contribution in [3.05, 3.63) is 17.8 Å². The zero-order valence-electron chi connectivity index (χ0n) is 23.9. The van der Waals surface area contributed by atoms with E-state index >= 15 is 0 Å². The molecule has 0 unspecified atom stereocenters. The molecule has 7 nitrogen and oxygen atoms in total. The van der Waals surface area contributed by atoms with Crippen molar-refractivity contribution in [3.63, 3.8) is 0 Å². The molecule has 5 fully saturated rings. The minimum atomic E-state index is -0.545. The van der Waals surface area contributed by atoms with E-state index < -0.39 is 5.54 Å². The lowest BCUT2D eigenvalue weighted by Crippen LogP contribution is -2.55. The maximum atomic E-state index is 13.5. The lowest BCUT2D eigenvalue weighted by atomic mass is 9.54. The summed E-state index contributed by atoms with van der Waals surface area (Å²) < 4.78 is 7.78. The molecule has 5 saturated carbocycles. The Morgan fingerprint density at radius 3 is 2.39 bits per heavy atom. The average molecular weight is 525 g/mol. The summed E-state index contributed by atoms with van der Waals surface area (Å²) in [7, 11) is 0. The fourth-order valence-electron chi connectivity index (χ4n) is 7.75. The molecule has 0 atom stereocenters. The van der Waals surface area contributed by atoms with E-state index in [1.54, 1.807) is 10.9 Å². The first kappa shape index (κ1) is 27.3. The van der Waals surface area contributed by atoms with E-state index in [1.165, 1.54) is 57.8 Å². The Morgan fingerprint density at radius 1 is 1.11 bits per heavy atom. The van der Waals surface area contributed by atoms with E-state index in [2.05, 4.69) is 29.6 Å². The fourth-order valence-corrected chi connectivity index (χ4v) is 7.75. The highest BCUT2D eigenvalue weighted by Gasteiger charge is 2.48. The van der Waals surface area contributed by atoms with Crippen LogP contribution in [0.2, 0.25) is 0 Å². The second-order valence-corrected chi connectivity index (χ2v) is 13.7. The van der Waals surface area contributed by atoms with Crippen molar-refractivity contribution in [1.29, 1.82) is 0 Å². The van der Waals surface area contributed by atoms with E-state index in [9.17, 15) is 9.59 Å². The SMILES string of the molecule is CC(C)COc1c(C(=O)NC2C3CC4CC(C3)CC2C4)cnn1/C=C/C(C)(C)NC(=O)CCC1CCCC1. The lowest BCUT2D eigenvalue weighted by molar-refractivity contribution is -0.122. The first-order valence-corrected chi connectivity index (χ1v) is 15.2. The highest BCUT2D eigenvalue weighted by Crippen LogP contribution is 2.53. The van der Waals surface area contributed by atoms with Crippen molar-refractivity contribution in [1.82, 2.24) is 20.4 Å². The molecule has 0 aliphatic heterocycles. The first-order chi connectivity index (χ1) is 18.2. The summed E-state index contributed by atoms with van der Waals surface area (Å²) in [6.45, 7) is 8.65. The minimum absolute atomic E-state index is 0.0824. The maximum absolute atomic E-state index is 13.5. The Labute approximate surface area is 228 Å². The Kier molecular flexibility index (Phi) is 8.20. The van der Waals surface area contributed by atoms with Crippen LogP contribution in [0.5, 0.6) is 5.88 Å². The molecule has 1 heterocycles. The molecule has 5 aliphatic carbocycles. The van der Waals surface area contributed by atoms with Gasteiger partial charge in [0.25, 0.3) is 5.91 Å². The van der Waals surface area contributed by atoms with E-state index in [-0.39, 0.29) is 17.9 Å². The third-order valence-corrected chi connectivity index (χ3v) is 9.42. The summed E-state index contributed by atoms with van der Waals surface area (Å²) in [5.41, 5.74) is -0.0564. The lowest BCUT2D eigenvalue weighted by Gasteiger charge is -2.54. The predicted molar refractivity (Wildman–Crippen MR) is 150 cm³/mol. The Bertz CT molecular complexity index is 992. The molecule has 4 bridgehead atoms. The Balaban J connectivity index is 1.24. The number of aromatic nitrogens is 2. The molecule has 1 aromatic heterocycles. The third kappa shape index (κ3) is 6.45. The summed E-state index contributed by atoms with van der Waals surface area (Å²) in [6, 6.07) is 0.269. The van der Waals surface area contributed by atoms with Gasteiger partial charge in [0.2, 0.25) is 11.8 Å². The van der Waals surface area contributed by atoms with Crippen LogP contribution < -0.4 is 15.4 Å². The van der Waals surface area contributed by atoms with Crippen molar-refractivity contribution in [3.8, 4) is 5.88 Å². The van der Waals surface area contributed by atoms with Gasteiger partial charge >= 0.3 is 0 Å². The van der Waals surface area contributed by atoms with Crippen LogP contribution in [0, 0.1) is 35.5 Å². The number of rotatable bonds is 11. The van der Waals surface area contributed by atoms with Gasteiger partial charge in [0.15, 0.2) is 0 Å². The molecule has 210 valence electrons. The van der Waals surface area contributed by atoms with Crippen molar-refractivity contribution in [2.24, 2.45) is 35.5 Å². The van der Waals surface area contributed by atoms with Crippen LogP contribution in [0.15, 0.2) is 12.3 Å². The summed E-state index contributed by atoms with van der Waals surface area (Å²) in [5.74, 6) is 4.46. The Morgan fingerprint density at radius 2 is 1.76 bits per heavy atom. The number of amides is 2. The normalized spacial score (nSPS) is 28.9. The van der Waals surface area contributed by atoms with Crippen LogP contribution >= 0.6 is 0 Å². The van der Waals surface area contributed by atoms with E-state index in [0.717, 1.165) is 18.3 Å². The smallest absolute Gasteiger partial charge is 0.258 e. The maximum Gasteiger partial charge on any atom is 0.258 e. The zero-order valence-corrected chi connectivity index (χ0v) is 23.9. The van der Waals surface area contributed by atoms with Gasteiger partial charge in [-0.2, -0.15) is 5.10 Å². The molecule has 0 radical (unpaired) electrons. The second-order valence-electron chi connectivity index (χ2n) is 13.7. The van der Waals surface area contributed by atoms with Gasteiger partial charge in [-0.25, -0.2) is 4.68 Å². The first-order valence-electron chi connectivity index (χ1n) is 15.2. The van der Waals surface area contributed by atoms with Gasteiger partial charge in [0, 0.05) is 18.7 Å². The number of carbonyl (C=O) groups is 2. The van der Waals surface area contributed by atoms with Gasteiger partial charge in [0.05, 0.1) is 18.3 Å². The molecule has 5 aliphatic rings. The number of hydrogen-bond donors (Lipinski definition) is 2. The van der Waals surface area contributed by atoms with Crippen LogP contribution in [0.1, 0.15) is 109 Å². The minimum Gasteiger partial charge on any atom is -0.477 e. The molecule has 0 spiro atoms. The van der Waals surface area contributed by atoms with Crippen LogP contribution in [-0.2, 0) is 4.79 Å². The van der Waals surface area contributed by atoms with Crippen LogP contribution in [0.3, 0.4) is 0 Å². The second kappa shape index (κ2) is 11.4. The van der Waals surface area contributed by atoms with Gasteiger partial charge in [0.1, 0.15) is 5.56 Å². The van der Waals surface area contributed by atoms with Crippen molar-refractivity contribution in [2.75, 3.05) is 6.61 Å². The monoisotopic (exact) mass is 524 g/mol. The van der Waals surface area contributed by atoms with Crippen molar-refractivity contribution < 1.29 is 14.3 Å². The summed E-state index contributed by atoms with van der Waals surface area (Å²) >= 11 is 0. The summed E-state index contributed by atoms with van der Waals surface area (Å²) in [4.78, 5) is 26.1. The highest BCUT2D eigenvalue weighted by molar-refractivity contribution is 5.96. The standard InChI is InChI=1S/C31H48N4O3/c1-20(2)19-38-30-26(29(37)33-28-24-14-22-13-23(16-24)17-25(28)15-22)18-32-35(30)12-11-31(3,4)34-27(36)10-9-21-7-5-6-8-21/h11-12,18,20-25,28H,5-10,13-17,19H2,1-4H3,(H,33,37)(H,34,36)/b12-11+. The highest BCUT2D eigenvalue weighted by atomic mass is 16.5. The fraction of sp³-hybridized carbons (Fsp3) is 0.774. The van der Waals surface area contributed by atoms with Crippen molar-refractivity contribution >= 4 is 18.0 Å². The van der Waals surface area contributed by atoms with Crippen LogP contribution in [-0.4, -0.2) is 39.8 Å². The number of hydrogen-bond acceptors (Lipinski definition) is 4. The average Bonchev–Trinajstić information content (AvgIpc) is 3.51. The predicted octanol–water partition coefficient (Wildman–Crippen LogP) is 5.81. The number of nitrogens with one attached hydrogen (secondary N) is 2. The number of nitrogens with zero attached hydrogens (tertiary/aromatic N) is 2. The number of carbonyl (C=O) groups excluding carboxylic acids is 2. The molecule has 7 heteroatoms. The molecule has 2 amide bonds. The topological polar surface area (TPSA) is 85.2 Å². The zero-order chi connectivity index (χ0) is 26.9. The molecule has 1 aromatic rings. The Hall–Kier alpha value is -2.31. The molecule has 0 saturated heterocycles. The summed E-state index contributed by atoms with van der Waals surface area (Å²) in [6.07, 6.45) is 18.5. The largest absolute Gasteiger partial charge is 0.477 e. The van der Waals surface area contributed by atoms with Crippen LogP contribution in [0.25, 0.3) is 6.20 Å². The molecular weight excluding hydrogens is 476 g/mol. The molecule has 0 aromatic carbocycles. The van der Waals surface area contributed by atoms with Gasteiger partial charge in [-0.3, -0.25) is 9.59 Å². The van der Waals surface area contributed by atoms with Gasteiger partial charge in [-0.15, -0.1) is 0 Å². The van der Waals surface area contributed by atoms with E-state index in [4.69, 9.17) is 4.74 Å². The summed E-state index contributed by atoms with van der Waals surface area (Å²) in [5, 5.41) is 11.1. The molecule has 6 rings (SSSR count). The molecule has 38 heavy (non-hydrogen) atoms. The van der Waals surface area contributed by atoms with Gasteiger partial charge in [-0.05, 0) is 94.0 Å². The molecule has 2 N–H and O–H groups in total. The van der Waals surface area contributed by atoms with Crippen LogP contribution in [0.4, 0.5) is 0 Å². The van der Waals surface area contributed by atoms with Gasteiger partial charge in [-0.1, -0.05) is 39.5 Å². The number of ether oxygens (including phenoxy) is 1. The molecular formula is C31H48N4O3.